The Hall–Kier alpha value is -1.37. The van der Waals surface area contributed by atoms with Crippen LogP contribution in [0.2, 0.25) is 0 Å². The zero-order valence-corrected chi connectivity index (χ0v) is 15.6. The minimum Gasteiger partial charge on any atom is -0.469 e. The lowest BCUT2D eigenvalue weighted by atomic mass is 9.66. The van der Waals surface area contributed by atoms with E-state index in [4.69, 9.17) is 14.0 Å². The van der Waals surface area contributed by atoms with E-state index in [-0.39, 0.29) is 18.2 Å². The summed E-state index contributed by atoms with van der Waals surface area (Å²) in [5, 5.41) is 3.25. The highest BCUT2D eigenvalue weighted by atomic mass is 32.1. The van der Waals surface area contributed by atoms with Crippen molar-refractivity contribution in [2.45, 2.75) is 51.1 Å². The molecule has 1 unspecified atom stereocenters. The van der Waals surface area contributed by atoms with Crippen molar-refractivity contribution in [3.05, 3.63) is 35.2 Å². The number of hydrogen-bond acceptors (Lipinski definition) is 5. The summed E-state index contributed by atoms with van der Waals surface area (Å²) in [6.07, 6.45) is 0.230. The molecule has 1 aliphatic rings. The summed E-state index contributed by atoms with van der Waals surface area (Å²) in [7, 11) is 0.933. The number of ether oxygens (including phenoxy) is 1. The first-order valence-electron chi connectivity index (χ1n) is 8.14. The maximum atomic E-state index is 12.0. The van der Waals surface area contributed by atoms with Crippen LogP contribution in [0.15, 0.2) is 29.6 Å². The van der Waals surface area contributed by atoms with Crippen LogP contribution >= 0.6 is 11.3 Å². The molecule has 6 heteroatoms. The third-order valence-electron chi connectivity index (χ3n) is 5.12. The largest absolute Gasteiger partial charge is 0.469 e. The van der Waals surface area contributed by atoms with Crippen molar-refractivity contribution < 1.29 is 18.8 Å². The van der Waals surface area contributed by atoms with E-state index in [1.807, 2.05) is 39.8 Å². The topological polar surface area (TPSA) is 44.8 Å². The summed E-state index contributed by atoms with van der Waals surface area (Å²) in [6, 6.07) is 8.20. The van der Waals surface area contributed by atoms with Gasteiger partial charge in [-0.05, 0) is 50.1 Å². The molecule has 1 atom stereocenters. The number of esters is 1. The Morgan fingerprint density at radius 1 is 1.21 bits per heavy atom. The molecule has 0 radical (unpaired) electrons. The third-order valence-corrected chi connectivity index (χ3v) is 6.11. The fourth-order valence-corrected chi connectivity index (χ4v) is 3.98. The summed E-state index contributed by atoms with van der Waals surface area (Å²) in [6.45, 7) is 8.09. The first-order chi connectivity index (χ1) is 11.2. The molecule has 0 aliphatic carbocycles. The number of hydrogen-bond donors (Lipinski definition) is 0. The second-order valence-electron chi connectivity index (χ2n) is 7.20. The van der Waals surface area contributed by atoms with Crippen molar-refractivity contribution >= 4 is 34.5 Å². The molecule has 1 aromatic carbocycles. The zero-order chi connectivity index (χ0) is 17.5. The Labute approximate surface area is 147 Å². The number of carbonyl (C=O) groups is 1. The lowest BCUT2D eigenvalue weighted by molar-refractivity contribution is -0.140. The molecule has 0 saturated carbocycles. The van der Waals surface area contributed by atoms with E-state index >= 15 is 0 Å². The van der Waals surface area contributed by atoms with Crippen molar-refractivity contribution in [1.82, 2.24) is 0 Å². The maximum absolute atomic E-state index is 12.0. The van der Waals surface area contributed by atoms with Gasteiger partial charge in [0.2, 0.25) is 0 Å². The predicted octanol–water partition coefficient (Wildman–Crippen LogP) is 4.18. The summed E-state index contributed by atoms with van der Waals surface area (Å²) >= 11 is 1.67. The van der Waals surface area contributed by atoms with Crippen LogP contribution in [0.1, 0.15) is 45.5 Å². The second-order valence-corrected chi connectivity index (χ2v) is 8.11. The van der Waals surface area contributed by atoms with Crippen molar-refractivity contribution in [3.63, 3.8) is 0 Å². The number of thiophene rings is 1. The molecule has 2 heterocycles. The minimum atomic E-state index is -0.480. The van der Waals surface area contributed by atoms with E-state index in [1.54, 1.807) is 11.3 Å². The van der Waals surface area contributed by atoms with Crippen molar-refractivity contribution in [1.29, 1.82) is 0 Å². The summed E-state index contributed by atoms with van der Waals surface area (Å²) in [4.78, 5) is 12.0. The Morgan fingerprint density at radius 3 is 2.46 bits per heavy atom. The smallest absolute Gasteiger partial charge is 0.466 e. The average molecular weight is 346 g/mol. The Bertz CT molecular complexity index is 736. The second kappa shape index (κ2) is 6.17. The normalized spacial score (nSPS) is 20.3. The molecule has 24 heavy (non-hydrogen) atoms. The highest BCUT2D eigenvalue weighted by Gasteiger charge is 2.54. The lowest BCUT2D eigenvalue weighted by Gasteiger charge is -2.32. The van der Waals surface area contributed by atoms with Gasteiger partial charge >= 0.3 is 13.1 Å². The quantitative estimate of drug-likeness (QED) is 0.615. The van der Waals surface area contributed by atoms with Gasteiger partial charge < -0.3 is 14.0 Å². The van der Waals surface area contributed by atoms with Crippen LogP contribution in [0, 0.1) is 0 Å². The lowest BCUT2D eigenvalue weighted by Crippen LogP contribution is -2.41. The molecule has 4 nitrogen and oxygen atoms in total. The van der Waals surface area contributed by atoms with E-state index < -0.39 is 18.3 Å². The zero-order valence-electron chi connectivity index (χ0n) is 14.8. The number of methoxy groups -OCH3 is 1. The van der Waals surface area contributed by atoms with Gasteiger partial charge in [0.15, 0.2) is 0 Å². The summed E-state index contributed by atoms with van der Waals surface area (Å²) in [5.74, 6) is -0.459. The van der Waals surface area contributed by atoms with Gasteiger partial charge in [-0.2, -0.15) is 0 Å². The van der Waals surface area contributed by atoms with E-state index in [0.29, 0.717) is 0 Å². The Kier molecular flexibility index (Phi) is 4.49. The number of carbonyl (C=O) groups excluding carboxylic acids is 1. The molecule has 1 aliphatic heterocycles. The first kappa shape index (κ1) is 17.5. The van der Waals surface area contributed by atoms with Gasteiger partial charge in [-0.3, -0.25) is 4.79 Å². The van der Waals surface area contributed by atoms with Crippen LogP contribution in [-0.4, -0.2) is 31.4 Å². The molecule has 1 saturated heterocycles. The SMILES string of the molecule is COC(=O)CC(B1OC(C)(C)C(C)(C)O1)c1csc2ccccc12. The van der Waals surface area contributed by atoms with E-state index in [0.717, 1.165) is 10.9 Å². The highest BCUT2D eigenvalue weighted by Crippen LogP contribution is 2.44. The fourth-order valence-electron chi connectivity index (χ4n) is 2.95. The van der Waals surface area contributed by atoms with Crippen molar-refractivity contribution in [3.8, 4) is 0 Å². The number of fused-ring (bicyclic) bond motifs is 1. The number of benzene rings is 1. The molecule has 1 fully saturated rings. The highest BCUT2D eigenvalue weighted by molar-refractivity contribution is 7.17. The monoisotopic (exact) mass is 346 g/mol. The third kappa shape index (κ3) is 2.98. The van der Waals surface area contributed by atoms with Gasteiger partial charge in [0.1, 0.15) is 0 Å². The summed E-state index contributed by atoms with van der Waals surface area (Å²) < 4.78 is 18.5. The molecule has 0 bridgehead atoms. The van der Waals surface area contributed by atoms with E-state index in [2.05, 4.69) is 17.5 Å². The molecular formula is C18H23BO4S. The Morgan fingerprint density at radius 2 is 1.83 bits per heavy atom. The molecule has 0 N–H and O–H groups in total. The van der Waals surface area contributed by atoms with E-state index in [9.17, 15) is 4.79 Å². The van der Waals surface area contributed by atoms with Crippen molar-refractivity contribution in [2.24, 2.45) is 0 Å². The Balaban J connectivity index is 2.00. The van der Waals surface area contributed by atoms with Gasteiger partial charge in [0.05, 0.1) is 24.7 Å². The van der Waals surface area contributed by atoms with Gasteiger partial charge in [-0.25, -0.2) is 0 Å². The maximum Gasteiger partial charge on any atom is 0.466 e. The van der Waals surface area contributed by atoms with Gasteiger partial charge in [-0.1, -0.05) is 18.2 Å². The molecule has 128 valence electrons. The molecule has 0 amide bonds. The molecule has 3 rings (SSSR count). The minimum absolute atomic E-state index is 0.199. The van der Waals surface area contributed by atoms with Gasteiger partial charge in [0.25, 0.3) is 0 Å². The standard InChI is InChI=1S/C18H23BO4S/c1-17(2)18(3,4)23-19(22-17)14(10-16(20)21-5)13-11-24-15-9-7-6-8-12(13)15/h6-9,11,14H,10H2,1-5H3. The van der Waals surface area contributed by atoms with Crippen LogP contribution in [0.3, 0.4) is 0 Å². The summed E-state index contributed by atoms with van der Waals surface area (Å²) in [5.41, 5.74) is 0.218. The molecule has 1 aromatic heterocycles. The molecular weight excluding hydrogens is 323 g/mol. The van der Waals surface area contributed by atoms with Gasteiger partial charge in [0, 0.05) is 10.5 Å². The van der Waals surface area contributed by atoms with Crippen LogP contribution in [-0.2, 0) is 18.8 Å². The van der Waals surface area contributed by atoms with Crippen LogP contribution in [0.5, 0.6) is 0 Å². The molecule has 2 aromatic rings. The number of rotatable bonds is 4. The molecule has 0 spiro atoms. The van der Waals surface area contributed by atoms with Crippen LogP contribution in [0.25, 0.3) is 10.1 Å². The average Bonchev–Trinajstić information content (AvgIpc) is 3.03. The van der Waals surface area contributed by atoms with Gasteiger partial charge in [-0.15, -0.1) is 11.3 Å². The fraction of sp³-hybridized carbons (Fsp3) is 0.500. The predicted molar refractivity (Wildman–Crippen MR) is 97.3 cm³/mol. The first-order valence-corrected chi connectivity index (χ1v) is 9.02. The van der Waals surface area contributed by atoms with E-state index in [1.165, 1.54) is 11.8 Å². The van der Waals surface area contributed by atoms with Crippen LogP contribution in [0.4, 0.5) is 0 Å². The van der Waals surface area contributed by atoms with Crippen molar-refractivity contribution in [2.75, 3.05) is 7.11 Å². The van der Waals surface area contributed by atoms with Crippen LogP contribution < -0.4 is 0 Å².